The number of hydrogen-bond acceptors (Lipinski definition) is 3. The highest BCUT2D eigenvalue weighted by Crippen LogP contribution is 2.24. The molecule has 1 N–H and O–H groups in total. The van der Waals surface area contributed by atoms with Crippen LogP contribution in [0.5, 0.6) is 0 Å². The summed E-state index contributed by atoms with van der Waals surface area (Å²) in [5, 5.41) is 4.26. The monoisotopic (exact) mass is 271 g/mol. The highest BCUT2D eigenvalue weighted by Gasteiger charge is 2.35. The van der Waals surface area contributed by atoms with Crippen molar-refractivity contribution >= 4 is 17.3 Å². The fourth-order valence-electron chi connectivity index (χ4n) is 3.06. The summed E-state index contributed by atoms with van der Waals surface area (Å²) in [4.78, 5) is 4.97. The molecule has 2 rings (SSSR count). The Labute approximate surface area is 116 Å². The summed E-state index contributed by atoms with van der Waals surface area (Å²) in [7, 11) is 1.72. The molecule has 0 aromatic heterocycles. The first kappa shape index (κ1) is 14.0. The zero-order valence-corrected chi connectivity index (χ0v) is 12.5. The van der Waals surface area contributed by atoms with E-state index in [1.807, 2.05) is 0 Å². The standard InChI is InChI=1S/C13H25N3OS/c1-10(9-17-3)14-13(18)16-8-12-5-4-6-15(12)7-11(16)2/h10-12H,4-9H2,1-3H3,(H,14,18). The Morgan fingerprint density at radius 2 is 2.28 bits per heavy atom. The summed E-state index contributed by atoms with van der Waals surface area (Å²) in [6, 6.07) is 1.49. The number of thiocarbonyl (C=S) groups is 1. The summed E-state index contributed by atoms with van der Waals surface area (Å²) in [5.41, 5.74) is 0. The Balaban J connectivity index is 1.89. The van der Waals surface area contributed by atoms with Crippen molar-refractivity contribution in [2.45, 2.75) is 44.8 Å². The molecule has 2 aliphatic rings. The topological polar surface area (TPSA) is 27.7 Å². The zero-order chi connectivity index (χ0) is 13.1. The highest BCUT2D eigenvalue weighted by atomic mass is 32.1. The van der Waals surface area contributed by atoms with E-state index in [-0.39, 0.29) is 6.04 Å². The third-order valence-electron chi connectivity index (χ3n) is 3.98. The molecule has 3 atom stereocenters. The van der Waals surface area contributed by atoms with Crippen LogP contribution in [-0.2, 0) is 4.74 Å². The van der Waals surface area contributed by atoms with Crippen LogP contribution in [0.25, 0.3) is 0 Å². The number of rotatable bonds is 3. The fraction of sp³-hybridized carbons (Fsp3) is 0.923. The van der Waals surface area contributed by atoms with Crippen molar-refractivity contribution in [3.05, 3.63) is 0 Å². The average molecular weight is 271 g/mol. The number of nitrogens with zero attached hydrogens (tertiary/aromatic N) is 2. The number of hydrogen-bond donors (Lipinski definition) is 1. The van der Waals surface area contributed by atoms with Crippen molar-refractivity contribution < 1.29 is 4.74 Å². The van der Waals surface area contributed by atoms with Gasteiger partial charge in [-0.15, -0.1) is 0 Å². The number of piperazine rings is 1. The third kappa shape index (κ3) is 3.13. The fourth-order valence-corrected chi connectivity index (χ4v) is 3.51. The zero-order valence-electron chi connectivity index (χ0n) is 11.7. The molecule has 2 aliphatic heterocycles. The van der Waals surface area contributed by atoms with Gasteiger partial charge in [-0.2, -0.15) is 0 Å². The van der Waals surface area contributed by atoms with Crippen molar-refractivity contribution in [2.24, 2.45) is 0 Å². The van der Waals surface area contributed by atoms with Crippen molar-refractivity contribution in [1.82, 2.24) is 15.1 Å². The predicted molar refractivity (Wildman–Crippen MR) is 77.8 cm³/mol. The van der Waals surface area contributed by atoms with Crippen LogP contribution in [0.3, 0.4) is 0 Å². The lowest BCUT2D eigenvalue weighted by Gasteiger charge is -2.44. The number of fused-ring (bicyclic) bond motifs is 1. The Morgan fingerprint density at radius 3 is 3.00 bits per heavy atom. The lowest BCUT2D eigenvalue weighted by Crippen LogP contribution is -2.59. The maximum atomic E-state index is 5.54. The largest absolute Gasteiger partial charge is 0.383 e. The van der Waals surface area contributed by atoms with Gasteiger partial charge in [0.05, 0.1) is 6.61 Å². The van der Waals surface area contributed by atoms with E-state index in [1.165, 1.54) is 19.4 Å². The van der Waals surface area contributed by atoms with Gasteiger partial charge in [0.25, 0.3) is 0 Å². The van der Waals surface area contributed by atoms with Gasteiger partial charge in [-0.05, 0) is 45.5 Å². The number of methoxy groups -OCH3 is 1. The van der Waals surface area contributed by atoms with Crippen LogP contribution >= 0.6 is 12.2 Å². The summed E-state index contributed by atoms with van der Waals surface area (Å²) in [6.07, 6.45) is 2.66. The van der Waals surface area contributed by atoms with Gasteiger partial charge in [0.2, 0.25) is 0 Å². The van der Waals surface area contributed by atoms with Gasteiger partial charge in [-0.3, -0.25) is 4.90 Å². The predicted octanol–water partition coefficient (Wildman–Crippen LogP) is 1.06. The first-order valence-electron chi connectivity index (χ1n) is 6.92. The van der Waals surface area contributed by atoms with Gasteiger partial charge in [-0.25, -0.2) is 0 Å². The minimum absolute atomic E-state index is 0.274. The SMILES string of the molecule is COCC(C)NC(=S)N1CC2CCCN2CC1C. The maximum Gasteiger partial charge on any atom is 0.169 e. The number of nitrogens with one attached hydrogen (secondary N) is 1. The van der Waals surface area contributed by atoms with Crippen LogP contribution in [0.1, 0.15) is 26.7 Å². The van der Waals surface area contributed by atoms with E-state index in [9.17, 15) is 0 Å². The molecule has 0 aromatic rings. The summed E-state index contributed by atoms with van der Waals surface area (Å²) in [5.74, 6) is 0. The molecule has 0 aliphatic carbocycles. The first-order chi connectivity index (χ1) is 8.61. The van der Waals surface area contributed by atoms with Crippen LogP contribution in [0, 0.1) is 0 Å². The van der Waals surface area contributed by atoms with E-state index in [4.69, 9.17) is 17.0 Å². The second-order valence-electron chi connectivity index (χ2n) is 5.60. The van der Waals surface area contributed by atoms with E-state index in [0.29, 0.717) is 18.7 Å². The van der Waals surface area contributed by atoms with Crippen molar-refractivity contribution in [3.63, 3.8) is 0 Å². The minimum atomic E-state index is 0.274. The average Bonchev–Trinajstić information content (AvgIpc) is 2.74. The van der Waals surface area contributed by atoms with Crippen LogP contribution in [-0.4, -0.2) is 66.4 Å². The lowest BCUT2D eigenvalue weighted by atomic mass is 10.1. The first-order valence-corrected chi connectivity index (χ1v) is 7.32. The maximum absolute atomic E-state index is 5.54. The third-order valence-corrected chi connectivity index (χ3v) is 4.34. The molecule has 2 heterocycles. The molecule has 2 saturated heterocycles. The molecule has 0 amide bonds. The van der Waals surface area contributed by atoms with Crippen molar-refractivity contribution in [1.29, 1.82) is 0 Å². The summed E-state index contributed by atoms with van der Waals surface area (Å²) < 4.78 is 5.14. The second-order valence-corrected chi connectivity index (χ2v) is 5.98. The van der Waals surface area contributed by atoms with Crippen LogP contribution < -0.4 is 5.32 Å². The number of ether oxygens (including phenoxy) is 1. The smallest absolute Gasteiger partial charge is 0.169 e. The van der Waals surface area contributed by atoms with E-state index in [2.05, 4.69) is 29.0 Å². The molecule has 0 bridgehead atoms. The normalized spacial score (nSPS) is 30.1. The van der Waals surface area contributed by atoms with Crippen LogP contribution in [0.2, 0.25) is 0 Å². The molecule has 0 aromatic carbocycles. The molecular weight excluding hydrogens is 246 g/mol. The molecule has 0 spiro atoms. The van der Waals surface area contributed by atoms with Crippen molar-refractivity contribution in [3.8, 4) is 0 Å². The quantitative estimate of drug-likeness (QED) is 0.775. The Morgan fingerprint density at radius 1 is 1.50 bits per heavy atom. The van der Waals surface area contributed by atoms with Crippen LogP contribution in [0.15, 0.2) is 0 Å². The van der Waals surface area contributed by atoms with Gasteiger partial charge < -0.3 is 15.0 Å². The Kier molecular flexibility index (Phi) is 4.81. The molecule has 0 saturated carbocycles. The van der Waals surface area contributed by atoms with E-state index >= 15 is 0 Å². The second kappa shape index (κ2) is 6.17. The van der Waals surface area contributed by atoms with E-state index < -0.39 is 0 Å². The lowest BCUT2D eigenvalue weighted by molar-refractivity contribution is 0.106. The molecule has 104 valence electrons. The Hall–Kier alpha value is -0.390. The molecule has 18 heavy (non-hydrogen) atoms. The van der Waals surface area contributed by atoms with Crippen molar-refractivity contribution in [2.75, 3.05) is 33.4 Å². The summed E-state index contributed by atoms with van der Waals surface area (Å²) >= 11 is 5.54. The van der Waals surface area contributed by atoms with E-state index in [1.54, 1.807) is 7.11 Å². The summed E-state index contributed by atoms with van der Waals surface area (Å²) in [6.45, 7) is 8.55. The van der Waals surface area contributed by atoms with Crippen LogP contribution in [0.4, 0.5) is 0 Å². The van der Waals surface area contributed by atoms with Gasteiger partial charge in [0.15, 0.2) is 5.11 Å². The van der Waals surface area contributed by atoms with Gasteiger partial charge in [0.1, 0.15) is 0 Å². The Bertz CT molecular complexity index is 300. The van der Waals surface area contributed by atoms with Gasteiger partial charge >= 0.3 is 0 Å². The molecule has 5 heteroatoms. The molecule has 0 radical (unpaired) electrons. The minimum Gasteiger partial charge on any atom is -0.383 e. The molecule has 4 nitrogen and oxygen atoms in total. The van der Waals surface area contributed by atoms with Gasteiger partial charge in [0, 0.05) is 38.3 Å². The highest BCUT2D eigenvalue weighted by molar-refractivity contribution is 7.80. The molecule has 2 fully saturated rings. The van der Waals surface area contributed by atoms with E-state index in [0.717, 1.165) is 18.2 Å². The molecular formula is C13H25N3OS. The molecule has 3 unspecified atom stereocenters. The van der Waals surface area contributed by atoms with Gasteiger partial charge in [-0.1, -0.05) is 0 Å².